The molecule has 1 unspecified atom stereocenters. The Hall–Kier alpha value is -3.73. The van der Waals surface area contributed by atoms with Gasteiger partial charge in [-0.2, -0.15) is 4.31 Å². The van der Waals surface area contributed by atoms with Crippen molar-refractivity contribution >= 4 is 49.4 Å². The molecular formula is C28H29N3O6S. The number of nitrogens with one attached hydrogen (secondary N) is 1. The van der Waals surface area contributed by atoms with Gasteiger partial charge in [0.1, 0.15) is 6.04 Å². The third kappa shape index (κ3) is 4.78. The zero-order valence-corrected chi connectivity index (χ0v) is 21.9. The number of aromatic nitrogens is 1. The Balaban J connectivity index is 1.27. The van der Waals surface area contributed by atoms with Crippen LogP contribution < -0.4 is 5.32 Å². The lowest BCUT2D eigenvalue weighted by Crippen LogP contribution is -2.42. The number of rotatable bonds is 7. The van der Waals surface area contributed by atoms with E-state index < -0.39 is 40.7 Å². The van der Waals surface area contributed by atoms with Crippen molar-refractivity contribution in [3.05, 3.63) is 72.3 Å². The first-order chi connectivity index (χ1) is 18.2. The second-order valence-electron chi connectivity index (χ2n) is 9.44. The maximum Gasteiger partial charge on any atom is 0.325 e. The number of esters is 1. The molecular weight excluding hydrogens is 506 g/mol. The molecule has 3 aromatic carbocycles. The van der Waals surface area contributed by atoms with Crippen molar-refractivity contribution in [3.63, 3.8) is 0 Å². The van der Waals surface area contributed by atoms with Crippen molar-refractivity contribution in [3.8, 4) is 0 Å². The van der Waals surface area contributed by atoms with Gasteiger partial charge < -0.3 is 19.7 Å². The number of hydrogen-bond donors (Lipinski definition) is 2. The normalized spacial score (nSPS) is 18.2. The lowest BCUT2D eigenvalue weighted by molar-refractivity contribution is -0.150. The number of sulfonamides is 1. The van der Waals surface area contributed by atoms with Crippen molar-refractivity contribution in [1.82, 2.24) is 8.87 Å². The number of carbonyl (C=O) groups excluding carboxylic acids is 2. The summed E-state index contributed by atoms with van der Waals surface area (Å²) in [4.78, 5) is 25.5. The van der Waals surface area contributed by atoms with Crippen LogP contribution in [0.2, 0.25) is 0 Å². The van der Waals surface area contributed by atoms with E-state index in [9.17, 15) is 23.1 Å². The van der Waals surface area contributed by atoms with E-state index >= 15 is 0 Å². The predicted molar refractivity (Wildman–Crippen MR) is 144 cm³/mol. The van der Waals surface area contributed by atoms with Crippen LogP contribution in [-0.2, 0) is 30.9 Å². The monoisotopic (exact) mass is 535 g/mol. The number of carbonyl (C=O) groups is 2. The smallest absolute Gasteiger partial charge is 0.325 e. The highest BCUT2D eigenvalue weighted by Crippen LogP contribution is 2.31. The molecule has 2 N–H and O–H groups in total. The quantitative estimate of drug-likeness (QED) is 0.350. The number of ether oxygens (including phenoxy) is 1. The fraction of sp³-hybridized carbons (Fsp3) is 0.286. The van der Waals surface area contributed by atoms with Gasteiger partial charge in [-0.1, -0.05) is 35.9 Å². The molecule has 0 saturated carbocycles. The van der Waals surface area contributed by atoms with Crippen molar-refractivity contribution in [2.75, 3.05) is 18.5 Å². The second-order valence-corrected chi connectivity index (χ2v) is 11.3. The number of aryl methyl sites for hydroxylation is 2. The number of nitrogens with zero attached hydrogens (tertiary/aromatic N) is 2. The first-order valence-electron chi connectivity index (χ1n) is 12.4. The summed E-state index contributed by atoms with van der Waals surface area (Å²) in [6.07, 6.45) is -1.12. The van der Waals surface area contributed by atoms with Crippen LogP contribution in [0.4, 0.5) is 5.69 Å². The van der Waals surface area contributed by atoms with Gasteiger partial charge in [0.25, 0.3) is 5.91 Å². The molecule has 10 heteroatoms. The average Bonchev–Trinajstić information content (AvgIpc) is 3.45. The van der Waals surface area contributed by atoms with Crippen LogP contribution in [0, 0.1) is 6.92 Å². The van der Waals surface area contributed by atoms with E-state index in [1.807, 2.05) is 37.3 Å². The summed E-state index contributed by atoms with van der Waals surface area (Å²) in [5.41, 5.74) is 3.60. The van der Waals surface area contributed by atoms with Gasteiger partial charge in [-0.15, -0.1) is 0 Å². The van der Waals surface area contributed by atoms with Crippen LogP contribution in [-0.4, -0.2) is 59.6 Å². The first-order valence-corrected chi connectivity index (χ1v) is 13.9. The summed E-state index contributed by atoms with van der Waals surface area (Å²) in [6.45, 7) is 3.90. The summed E-state index contributed by atoms with van der Waals surface area (Å²) in [5.74, 6) is -1.43. The molecule has 9 nitrogen and oxygen atoms in total. The summed E-state index contributed by atoms with van der Waals surface area (Å²) in [6, 6.07) is 18.7. The topological polar surface area (TPSA) is 118 Å². The summed E-state index contributed by atoms with van der Waals surface area (Å²) in [7, 11) is -4.04. The number of fused-ring (bicyclic) bond motifs is 3. The molecule has 1 saturated heterocycles. The average molecular weight is 536 g/mol. The Labute approximate surface area is 220 Å². The van der Waals surface area contributed by atoms with Gasteiger partial charge >= 0.3 is 5.97 Å². The van der Waals surface area contributed by atoms with Gasteiger partial charge in [-0.25, -0.2) is 8.42 Å². The number of aliphatic hydroxyl groups is 1. The molecule has 1 aliphatic rings. The van der Waals surface area contributed by atoms with E-state index in [0.717, 1.165) is 38.2 Å². The van der Waals surface area contributed by atoms with Crippen LogP contribution >= 0.6 is 0 Å². The van der Waals surface area contributed by atoms with Gasteiger partial charge in [-0.05, 0) is 50.2 Å². The minimum absolute atomic E-state index is 0.0209. The fourth-order valence-corrected chi connectivity index (χ4v) is 6.64. The highest BCUT2D eigenvalue weighted by molar-refractivity contribution is 7.89. The Morgan fingerprint density at radius 2 is 1.74 bits per heavy atom. The standard InChI is InChI=1S/C28H29N3O6S/c1-3-30-24-7-5-4-6-22(24)23-14-19(10-13-25(23)30)29-27(33)17-37-28(34)26-15-20(32)16-31(26)38(35,36)21-11-8-18(2)9-12-21/h4-14,20,26,32H,3,15-17H2,1-2H3,(H,29,33)/t20?,26-/m0/s1. The van der Waals surface area contributed by atoms with Gasteiger partial charge in [0.05, 0.1) is 11.0 Å². The maximum atomic E-state index is 13.1. The summed E-state index contributed by atoms with van der Waals surface area (Å²) < 4.78 is 34.6. The van der Waals surface area contributed by atoms with Crippen molar-refractivity contribution in [2.45, 2.75) is 43.9 Å². The number of β-amino-alcohol motifs (C(OH)–C–C–N with tert-alkyl or cyclic N) is 1. The minimum Gasteiger partial charge on any atom is -0.454 e. The van der Waals surface area contributed by atoms with E-state index in [1.165, 1.54) is 12.1 Å². The minimum atomic E-state index is -4.04. The largest absolute Gasteiger partial charge is 0.454 e. The molecule has 1 amide bonds. The van der Waals surface area contributed by atoms with Gasteiger partial charge in [0.15, 0.2) is 6.61 Å². The highest BCUT2D eigenvalue weighted by atomic mass is 32.2. The van der Waals surface area contributed by atoms with E-state index in [4.69, 9.17) is 4.74 Å². The molecule has 0 spiro atoms. The number of aliphatic hydroxyl groups excluding tert-OH is 1. The van der Waals surface area contributed by atoms with Crippen LogP contribution in [0.15, 0.2) is 71.6 Å². The maximum absolute atomic E-state index is 13.1. The third-order valence-corrected chi connectivity index (χ3v) is 8.74. The fourth-order valence-electron chi connectivity index (χ4n) is 5.01. The van der Waals surface area contributed by atoms with E-state index in [0.29, 0.717) is 5.69 Å². The van der Waals surface area contributed by atoms with Crippen LogP contribution in [0.1, 0.15) is 18.9 Å². The second kappa shape index (κ2) is 10.2. The van der Waals surface area contributed by atoms with Gasteiger partial charge in [-0.3, -0.25) is 9.59 Å². The highest BCUT2D eigenvalue weighted by Gasteiger charge is 2.44. The predicted octanol–water partition coefficient (Wildman–Crippen LogP) is 3.43. The van der Waals surface area contributed by atoms with E-state index in [-0.39, 0.29) is 17.9 Å². The van der Waals surface area contributed by atoms with Gasteiger partial charge in [0, 0.05) is 47.0 Å². The molecule has 1 fully saturated rings. The van der Waals surface area contributed by atoms with Crippen LogP contribution in [0.25, 0.3) is 21.8 Å². The Bertz CT molecular complexity index is 1630. The molecule has 0 aliphatic carbocycles. The SMILES string of the molecule is CCn1c2ccccc2c2cc(NC(=O)COC(=O)[C@@H]3CC(O)CN3S(=O)(=O)c3ccc(C)cc3)ccc21. The molecule has 38 heavy (non-hydrogen) atoms. The molecule has 1 aliphatic heterocycles. The molecule has 5 rings (SSSR count). The molecule has 2 heterocycles. The van der Waals surface area contributed by atoms with Gasteiger partial charge in [0.2, 0.25) is 10.0 Å². The number of para-hydroxylation sites is 1. The summed E-state index contributed by atoms with van der Waals surface area (Å²) >= 11 is 0. The number of amides is 1. The number of benzene rings is 3. The van der Waals surface area contributed by atoms with Crippen molar-refractivity contribution in [1.29, 1.82) is 0 Å². The molecule has 2 atom stereocenters. The Kier molecular flexibility index (Phi) is 6.95. The van der Waals surface area contributed by atoms with Crippen LogP contribution in [0.3, 0.4) is 0 Å². The number of anilines is 1. The lowest BCUT2D eigenvalue weighted by Gasteiger charge is -2.22. The Morgan fingerprint density at radius 1 is 1.03 bits per heavy atom. The zero-order valence-electron chi connectivity index (χ0n) is 21.1. The molecule has 4 aromatic rings. The number of hydrogen-bond acceptors (Lipinski definition) is 6. The third-order valence-electron chi connectivity index (χ3n) is 6.85. The van der Waals surface area contributed by atoms with E-state index in [1.54, 1.807) is 18.2 Å². The molecule has 1 aromatic heterocycles. The molecule has 0 radical (unpaired) electrons. The Morgan fingerprint density at radius 3 is 2.47 bits per heavy atom. The van der Waals surface area contributed by atoms with E-state index in [2.05, 4.69) is 22.9 Å². The lowest BCUT2D eigenvalue weighted by atomic mass is 10.1. The molecule has 0 bridgehead atoms. The summed E-state index contributed by atoms with van der Waals surface area (Å²) in [5, 5.41) is 14.9. The molecule has 198 valence electrons. The van der Waals surface area contributed by atoms with Crippen LogP contribution in [0.5, 0.6) is 0 Å². The van der Waals surface area contributed by atoms with Crippen molar-refractivity contribution in [2.24, 2.45) is 0 Å². The van der Waals surface area contributed by atoms with Crippen molar-refractivity contribution < 1.29 is 27.9 Å². The zero-order chi connectivity index (χ0) is 27.0. The first kappa shape index (κ1) is 25.9.